The lowest BCUT2D eigenvalue weighted by Crippen LogP contribution is -2.12. The van der Waals surface area contributed by atoms with Crippen molar-refractivity contribution in [1.29, 1.82) is 5.26 Å². The second-order valence-electron chi connectivity index (χ2n) is 4.49. The molecule has 1 N–H and O–H groups in total. The molecule has 1 aromatic carbocycles. The van der Waals surface area contributed by atoms with Gasteiger partial charge in [-0.3, -0.25) is 0 Å². The molecule has 1 atom stereocenters. The molecule has 1 aromatic rings. The van der Waals surface area contributed by atoms with Gasteiger partial charge in [-0.15, -0.1) is 0 Å². The topological polar surface area (TPSA) is 45.0 Å². The summed E-state index contributed by atoms with van der Waals surface area (Å²) >= 11 is 0. The summed E-state index contributed by atoms with van der Waals surface area (Å²) in [6.07, 6.45) is 3.87. The number of rotatable bonds is 4. The molecule has 0 bridgehead atoms. The van der Waals surface area contributed by atoms with Crippen molar-refractivity contribution in [2.24, 2.45) is 0 Å². The third-order valence-corrected chi connectivity index (χ3v) is 3.17. The zero-order valence-corrected chi connectivity index (χ0v) is 10.2. The van der Waals surface area contributed by atoms with E-state index in [0.29, 0.717) is 6.10 Å². The van der Waals surface area contributed by atoms with Gasteiger partial charge in [-0.1, -0.05) is 0 Å². The SMILES string of the molecule is Cc1cc(NCCC2CCCO2)ccc1C#N. The van der Waals surface area contributed by atoms with Gasteiger partial charge in [-0.05, 0) is 49.9 Å². The van der Waals surface area contributed by atoms with E-state index in [1.165, 1.54) is 12.8 Å². The average molecular weight is 230 g/mol. The minimum absolute atomic E-state index is 0.432. The zero-order chi connectivity index (χ0) is 12.1. The summed E-state index contributed by atoms with van der Waals surface area (Å²) in [6.45, 7) is 3.81. The van der Waals surface area contributed by atoms with Crippen molar-refractivity contribution in [3.63, 3.8) is 0 Å². The first-order valence-electron chi connectivity index (χ1n) is 6.16. The molecule has 0 aromatic heterocycles. The van der Waals surface area contributed by atoms with Crippen molar-refractivity contribution in [2.45, 2.75) is 32.3 Å². The molecule has 1 aliphatic rings. The number of anilines is 1. The third-order valence-electron chi connectivity index (χ3n) is 3.17. The van der Waals surface area contributed by atoms with Gasteiger partial charge in [0, 0.05) is 18.8 Å². The van der Waals surface area contributed by atoms with Crippen LogP contribution < -0.4 is 5.32 Å². The lowest BCUT2D eigenvalue weighted by molar-refractivity contribution is 0.107. The molecule has 0 saturated carbocycles. The first kappa shape index (κ1) is 11.9. The predicted molar refractivity (Wildman–Crippen MR) is 68.0 cm³/mol. The largest absolute Gasteiger partial charge is 0.385 e. The quantitative estimate of drug-likeness (QED) is 0.865. The van der Waals surface area contributed by atoms with Gasteiger partial charge < -0.3 is 10.1 Å². The number of nitriles is 1. The van der Waals surface area contributed by atoms with Crippen LogP contribution in [-0.4, -0.2) is 19.3 Å². The van der Waals surface area contributed by atoms with Crippen LogP contribution in [0.3, 0.4) is 0 Å². The highest BCUT2D eigenvalue weighted by molar-refractivity contribution is 5.51. The number of nitrogens with zero attached hydrogens (tertiary/aromatic N) is 1. The minimum Gasteiger partial charge on any atom is -0.385 e. The van der Waals surface area contributed by atoms with Gasteiger partial charge >= 0.3 is 0 Å². The van der Waals surface area contributed by atoms with Crippen molar-refractivity contribution in [3.8, 4) is 6.07 Å². The minimum atomic E-state index is 0.432. The molecule has 3 nitrogen and oxygen atoms in total. The Kier molecular flexibility index (Phi) is 4.00. The summed E-state index contributed by atoms with van der Waals surface area (Å²) in [4.78, 5) is 0. The van der Waals surface area contributed by atoms with E-state index in [4.69, 9.17) is 10.00 Å². The van der Waals surface area contributed by atoms with Crippen molar-refractivity contribution in [2.75, 3.05) is 18.5 Å². The Bertz CT molecular complexity index is 417. The maximum Gasteiger partial charge on any atom is 0.0994 e. The highest BCUT2D eigenvalue weighted by Gasteiger charge is 2.14. The lowest BCUT2D eigenvalue weighted by Gasteiger charge is -2.11. The molecular formula is C14H18N2O. The van der Waals surface area contributed by atoms with Crippen LogP contribution in [0.4, 0.5) is 5.69 Å². The fraction of sp³-hybridized carbons (Fsp3) is 0.500. The van der Waals surface area contributed by atoms with E-state index in [0.717, 1.165) is 36.4 Å². The van der Waals surface area contributed by atoms with Crippen LogP contribution in [0, 0.1) is 18.3 Å². The molecular weight excluding hydrogens is 212 g/mol. The maximum atomic E-state index is 8.84. The third kappa shape index (κ3) is 3.21. The van der Waals surface area contributed by atoms with E-state index >= 15 is 0 Å². The molecule has 0 aliphatic carbocycles. The summed E-state index contributed by atoms with van der Waals surface area (Å²) in [5, 5.41) is 12.2. The number of hydrogen-bond acceptors (Lipinski definition) is 3. The Labute approximate surface area is 102 Å². The molecule has 1 unspecified atom stereocenters. The van der Waals surface area contributed by atoms with E-state index < -0.39 is 0 Å². The number of benzene rings is 1. The number of hydrogen-bond donors (Lipinski definition) is 1. The molecule has 0 spiro atoms. The van der Waals surface area contributed by atoms with Gasteiger partial charge in [0.25, 0.3) is 0 Å². The molecule has 1 fully saturated rings. The molecule has 0 radical (unpaired) electrons. The summed E-state index contributed by atoms with van der Waals surface area (Å²) in [5.74, 6) is 0. The molecule has 1 aliphatic heterocycles. The molecule has 1 heterocycles. The van der Waals surface area contributed by atoms with Crippen LogP contribution in [0.25, 0.3) is 0 Å². The van der Waals surface area contributed by atoms with Gasteiger partial charge in [0.05, 0.1) is 17.7 Å². The first-order valence-corrected chi connectivity index (χ1v) is 6.16. The highest BCUT2D eigenvalue weighted by atomic mass is 16.5. The normalized spacial score (nSPS) is 18.9. The zero-order valence-electron chi connectivity index (χ0n) is 10.2. The Balaban J connectivity index is 1.82. The smallest absolute Gasteiger partial charge is 0.0994 e. The van der Waals surface area contributed by atoms with E-state index in [1.54, 1.807) is 0 Å². The van der Waals surface area contributed by atoms with E-state index in [2.05, 4.69) is 11.4 Å². The van der Waals surface area contributed by atoms with Crippen LogP contribution in [-0.2, 0) is 4.74 Å². The Morgan fingerprint density at radius 1 is 1.53 bits per heavy atom. The molecule has 1 saturated heterocycles. The Morgan fingerprint density at radius 2 is 2.41 bits per heavy atom. The molecule has 3 heteroatoms. The summed E-state index contributed by atoms with van der Waals surface area (Å²) in [5.41, 5.74) is 2.85. The summed E-state index contributed by atoms with van der Waals surface area (Å²) < 4.78 is 5.57. The fourth-order valence-corrected chi connectivity index (χ4v) is 2.15. The fourth-order valence-electron chi connectivity index (χ4n) is 2.15. The Morgan fingerprint density at radius 3 is 3.06 bits per heavy atom. The summed E-state index contributed by atoms with van der Waals surface area (Å²) in [7, 11) is 0. The molecule has 90 valence electrons. The van der Waals surface area contributed by atoms with Gasteiger partial charge in [0.1, 0.15) is 0 Å². The number of nitrogens with one attached hydrogen (secondary N) is 1. The van der Waals surface area contributed by atoms with Crippen molar-refractivity contribution < 1.29 is 4.74 Å². The van der Waals surface area contributed by atoms with Crippen molar-refractivity contribution >= 4 is 5.69 Å². The van der Waals surface area contributed by atoms with Crippen LogP contribution in [0.15, 0.2) is 18.2 Å². The standard InChI is InChI=1S/C14H18N2O/c1-11-9-13(5-4-12(11)10-15)16-7-6-14-3-2-8-17-14/h4-5,9,14,16H,2-3,6-8H2,1H3. The molecule has 17 heavy (non-hydrogen) atoms. The van der Waals surface area contributed by atoms with E-state index in [9.17, 15) is 0 Å². The number of ether oxygens (including phenoxy) is 1. The van der Waals surface area contributed by atoms with Crippen molar-refractivity contribution in [1.82, 2.24) is 0 Å². The molecule has 2 rings (SSSR count). The van der Waals surface area contributed by atoms with Gasteiger partial charge in [0.2, 0.25) is 0 Å². The maximum absolute atomic E-state index is 8.84. The average Bonchev–Trinajstić information content (AvgIpc) is 2.82. The van der Waals surface area contributed by atoms with Gasteiger partial charge in [-0.25, -0.2) is 0 Å². The number of aryl methyl sites for hydroxylation is 1. The van der Waals surface area contributed by atoms with Gasteiger partial charge in [0.15, 0.2) is 0 Å². The first-order chi connectivity index (χ1) is 8.29. The summed E-state index contributed by atoms with van der Waals surface area (Å²) in [6, 6.07) is 8.02. The van der Waals surface area contributed by atoms with Crippen LogP contribution in [0.5, 0.6) is 0 Å². The second kappa shape index (κ2) is 5.70. The van der Waals surface area contributed by atoms with Crippen LogP contribution in [0.2, 0.25) is 0 Å². The second-order valence-corrected chi connectivity index (χ2v) is 4.49. The predicted octanol–water partition coefficient (Wildman–Crippen LogP) is 2.85. The Hall–Kier alpha value is -1.53. The van der Waals surface area contributed by atoms with Crippen LogP contribution >= 0.6 is 0 Å². The lowest BCUT2D eigenvalue weighted by atomic mass is 10.1. The van der Waals surface area contributed by atoms with Crippen LogP contribution in [0.1, 0.15) is 30.4 Å². The molecule has 0 amide bonds. The monoisotopic (exact) mass is 230 g/mol. The van der Waals surface area contributed by atoms with Gasteiger partial charge in [-0.2, -0.15) is 5.26 Å². The van der Waals surface area contributed by atoms with E-state index in [1.807, 2.05) is 25.1 Å². The highest BCUT2D eigenvalue weighted by Crippen LogP contribution is 2.17. The van der Waals surface area contributed by atoms with E-state index in [-0.39, 0.29) is 0 Å². The van der Waals surface area contributed by atoms with Crippen molar-refractivity contribution in [3.05, 3.63) is 29.3 Å².